The highest BCUT2D eigenvalue weighted by Gasteiger charge is 2.16. The van der Waals surface area contributed by atoms with Gasteiger partial charge >= 0.3 is 12.0 Å². The van der Waals surface area contributed by atoms with Crippen molar-refractivity contribution in [3.8, 4) is 0 Å². The van der Waals surface area contributed by atoms with E-state index >= 15 is 0 Å². The van der Waals surface area contributed by atoms with E-state index in [4.69, 9.17) is 0 Å². The number of carbonyl (C=O) groups excluding carboxylic acids is 2. The first-order valence-corrected chi connectivity index (χ1v) is 9.77. The van der Waals surface area contributed by atoms with E-state index in [1.807, 2.05) is 11.6 Å². The van der Waals surface area contributed by atoms with Crippen molar-refractivity contribution in [1.29, 1.82) is 0 Å². The zero-order valence-corrected chi connectivity index (χ0v) is 15.5. The fraction of sp³-hybridized carbons (Fsp3) is 0.529. The Morgan fingerprint density at radius 1 is 1.00 bits per heavy atom. The maximum atomic E-state index is 12.0. The number of hydrogen-bond donors (Lipinski definition) is 2. The summed E-state index contributed by atoms with van der Waals surface area (Å²) in [6, 6.07) is 5.53. The molecule has 0 aliphatic carbocycles. The van der Waals surface area contributed by atoms with E-state index in [1.165, 1.54) is 19.2 Å². The number of esters is 1. The third kappa shape index (κ3) is 8.53. The van der Waals surface area contributed by atoms with Crippen molar-refractivity contribution < 1.29 is 22.7 Å². The van der Waals surface area contributed by atoms with Gasteiger partial charge in [-0.1, -0.05) is 37.0 Å². The monoisotopic (exact) mass is 370 g/mol. The molecule has 1 rings (SSSR count). The molecule has 25 heavy (non-hydrogen) atoms. The summed E-state index contributed by atoms with van der Waals surface area (Å²) in [7, 11) is -2.47. The molecule has 2 N–H and O–H groups in total. The van der Waals surface area contributed by atoms with Gasteiger partial charge in [0.15, 0.2) is 0 Å². The van der Waals surface area contributed by atoms with Crippen molar-refractivity contribution in [2.75, 3.05) is 13.7 Å². The molecule has 140 valence electrons. The predicted octanol–water partition coefficient (Wildman–Crippen LogP) is 2.50. The average molecular weight is 370 g/mol. The largest absolute Gasteiger partial charge is 0.469 e. The summed E-state index contributed by atoms with van der Waals surface area (Å²) in [6.07, 6.45) is 4.72. The number of benzene rings is 1. The number of unbranched alkanes of at least 4 members (excludes halogenated alkanes) is 4. The van der Waals surface area contributed by atoms with E-state index in [2.05, 4.69) is 10.1 Å². The Morgan fingerprint density at radius 2 is 1.60 bits per heavy atom. The summed E-state index contributed by atoms with van der Waals surface area (Å²) in [5, 5.41) is 2.53. The number of rotatable bonds is 10. The lowest BCUT2D eigenvalue weighted by atomic mass is 10.1. The summed E-state index contributed by atoms with van der Waals surface area (Å²) in [5.41, 5.74) is 0.940. The van der Waals surface area contributed by atoms with Crippen LogP contribution in [0.15, 0.2) is 29.2 Å². The summed E-state index contributed by atoms with van der Waals surface area (Å²) in [5.74, 6) is -0.201. The van der Waals surface area contributed by atoms with Crippen LogP contribution in [-0.2, 0) is 19.6 Å². The Kier molecular flexibility index (Phi) is 8.98. The van der Waals surface area contributed by atoms with Crippen molar-refractivity contribution in [1.82, 2.24) is 10.0 Å². The Balaban J connectivity index is 2.18. The van der Waals surface area contributed by atoms with E-state index in [1.54, 1.807) is 12.1 Å². The van der Waals surface area contributed by atoms with E-state index in [0.29, 0.717) is 13.0 Å². The molecule has 0 fully saturated rings. The number of urea groups is 1. The highest BCUT2D eigenvalue weighted by atomic mass is 32.2. The predicted molar refractivity (Wildman–Crippen MR) is 94.6 cm³/mol. The molecule has 0 saturated heterocycles. The lowest BCUT2D eigenvalue weighted by Gasteiger charge is -2.09. The van der Waals surface area contributed by atoms with Gasteiger partial charge in [-0.25, -0.2) is 17.9 Å². The van der Waals surface area contributed by atoms with Crippen molar-refractivity contribution in [3.63, 3.8) is 0 Å². The second-order valence-corrected chi connectivity index (χ2v) is 7.45. The molecule has 0 radical (unpaired) electrons. The van der Waals surface area contributed by atoms with Crippen LogP contribution in [-0.4, -0.2) is 34.1 Å². The number of methoxy groups -OCH3 is 1. The maximum Gasteiger partial charge on any atom is 0.328 e. The fourth-order valence-corrected chi connectivity index (χ4v) is 3.09. The first kappa shape index (κ1) is 21.0. The van der Waals surface area contributed by atoms with Crippen LogP contribution < -0.4 is 10.0 Å². The van der Waals surface area contributed by atoms with Crippen LogP contribution in [0.2, 0.25) is 0 Å². The Hall–Kier alpha value is -2.09. The van der Waals surface area contributed by atoms with Crippen molar-refractivity contribution >= 4 is 22.0 Å². The summed E-state index contributed by atoms with van der Waals surface area (Å²) in [4.78, 5) is 22.7. The fourth-order valence-electron chi connectivity index (χ4n) is 2.16. The minimum atomic E-state index is -3.85. The molecule has 0 aliphatic rings. The Bertz CT molecular complexity index is 656. The zero-order chi connectivity index (χ0) is 18.7. The van der Waals surface area contributed by atoms with Gasteiger partial charge in [0.1, 0.15) is 0 Å². The van der Waals surface area contributed by atoms with Gasteiger partial charge in [-0.2, -0.15) is 0 Å². The number of aryl methyl sites for hydroxylation is 1. The minimum Gasteiger partial charge on any atom is -0.469 e. The maximum absolute atomic E-state index is 12.0. The highest BCUT2D eigenvalue weighted by molar-refractivity contribution is 7.90. The van der Waals surface area contributed by atoms with E-state index in [9.17, 15) is 18.0 Å². The first-order chi connectivity index (χ1) is 11.8. The number of amides is 2. The molecule has 0 unspecified atom stereocenters. The van der Waals surface area contributed by atoms with Gasteiger partial charge in [-0.05, 0) is 31.9 Å². The van der Waals surface area contributed by atoms with Crippen LogP contribution in [0.25, 0.3) is 0 Å². The lowest BCUT2D eigenvalue weighted by Crippen LogP contribution is -2.39. The van der Waals surface area contributed by atoms with Gasteiger partial charge in [0.25, 0.3) is 10.0 Å². The second kappa shape index (κ2) is 10.7. The molecule has 8 heteroatoms. The van der Waals surface area contributed by atoms with Gasteiger partial charge in [0.05, 0.1) is 12.0 Å². The first-order valence-electron chi connectivity index (χ1n) is 8.29. The Labute approximate surface area is 149 Å². The second-order valence-electron chi connectivity index (χ2n) is 5.77. The molecule has 2 amide bonds. The SMILES string of the molecule is COC(=O)CCCCCCCNC(=O)NS(=O)(=O)c1ccc(C)cc1. The normalized spacial score (nSPS) is 11.0. The van der Waals surface area contributed by atoms with Crippen LogP contribution >= 0.6 is 0 Å². The highest BCUT2D eigenvalue weighted by Crippen LogP contribution is 2.09. The topological polar surface area (TPSA) is 102 Å². The molecule has 7 nitrogen and oxygen atoms in total. The van der Waals surface area contributed by atoms with Crippen LogP contribution in [0.5, 0.6) is 0 Å². The third-order valence-corrected chi connectivity index (χ3v) is 4.98. The van der Waals surface area contributed by atoms with Crippen molar-refractivity contribution in [2.45, 2.75) is 50.3 Å². The lowest BCUT2D eigenvalue weighted by molar-refractivity contribution is -0.140. The number of ether oxygens (including phenoxy) is 1. The quantitative estimate of drug-likeness (QED) is 0.487. The number of carbonyl (C=O) groups is 2. The van der Waals surface area contributed by atoms with Crippen molar-refractivity contribution in [2.24, 2.45) is 0 Å². The van der Waals surface area contributed by atoms with Crippen LogP contribution in [0.4, 0.5) is 4.79 Å². The van der Waals surface area contributed by atoms with Crippen LogP contribution in [0.3, 0.4) is 0 Å². The standard InChI is InChI=1S/C17H26N2O5S/c1-14-9-11-15(12-10-14)25(22,23)19-17(21)18-13-7-5-3-4-6-8-16(20)24-2/h9-12H,3-8,13H2,1-2H3,(H2,18,19,21). The molecule has 0 atom stereocenters. The molecular formula is C17H26N2O5S. The smallest absolute Gasteiger partial charge is 0.328 e. The van der Waals surface area contributed by atoms with Gasteiger partial charge in [-0.15, -0.1) is 0 Å². The van der Waals surface area contributed by atoms with Gasteiger partial charge in [0, 0.05) is 13.0 Å². The summed E-state index contributed by atoms with van der Waals surface area (Å²) >= 11 is 0. The molecule has 0 aliphatic heterocycles. The molecule has 0 heterocycles. The zero-order valence-electron chi connectivity index (χ0n) is 14.7. The Morgan fingerprint density at radius 3 is 2.24 bits per heavy atom. The van der Waals surface area contributed by atoms with Crippen LogP contribution in [0, 0.1) is 6.92 Å². The van der Waals surface area contributed by atoms with E-state index < -0.39 is 16.1 Å². The molecular weight excluding hydrogens is 344 g/mol. The van der Waals surface area contributed by atoms with E-state index in [-0.39, 0.29) is 10.9 Å². The molecule has 0 saturated carbocycles. The number of sulfonamides is 1. The molecule has 0 bridgehead atoms. The van der Waals surface area contributed by atoms with E-state index in [0.717, 1.165) is 37.7 Å². The molecule has 0 spiro atoms. The van der Waals surface area contributed by atoms with Gasteiger partial charge < -0.3 is 10.1 Å². The summed E-state index contributed by atoms with van der Waals surface area (Å²) < 4.78 is 30.6. The third-order valence-electron chi connectivity index (χ3n) is 3.63. The van der Waals surface area contributed by atoms with Crippen molar-refractivity contribution in [3.05, 3.63) is 29.8 Å². The number of hydrogen-bond acceptors (Lipinski definition) is 5. The molecule has 0 aromatic heterocycles. The van der Waals surface area contributed by atoms with Crippen LogP contribution in [0.1, 0.15) is 44.1 Å². The number of nitrogens with one attached hydrogen (secondary N) is 2. The molecule has 1 aromatic rings. The molecule has 1 aromatic carbocycles. The van der Waals surface area contributed by atoms with Gasteiger partial charge in [0.2, 0.25) is 0 Å². The minimum absolute atomic E-state index is 0.0545. The summed E-state index contributed by atoms with van der Waals surface area (Å²) in [6.45, 7) is 2.25. The average Bonchev–Trinajstić information content (AvgIpc) is 2.56. The van der Waals surface area contributed by atoms with Gasteiger partial charge in [-0.3, -0.25) is 4.79 Å².